The van der Waals surface area contributed by atoms with Gasteiger partial charge in [0.2, 0.25) is 0 Å². The van der Waals surface area contributed by atoms with E-state index in [1.807, 2.05) is 61.5 Å². The van der Waals surface area contributed by atoms with Crippen molar-refractivity contribution in [2.45, 2.75) is 13.5 Å². The van der Waals surface area contributed by atoms with E-state index in [1.165, 1.54) is 6.08 Å². The van der Waals surface area contributed by atoms with Crippen molar-refractivity contribution >= 4 is 61.1 Å². The first-order valence-electron chi connectivity index (χ1n) is 9.22. The van der Waals surface area contributed by atoms with Crippen LogP contribution in [0.2, 0.25) is 5.02 Å². The van der Waals surface area contributed by atoms with Gasteiger partial charge in [0.1, 0.15) is 24.0 Å². The summed E-state index contributed by atoms with van der Waals surface area (Å²) in [5, 5.41) is 13.0. The van der Waals surface area contributed by atoms with Crippen molar-refractivity contribution in [1.29, 1.82) is 5.26 Å². The smallest absolute Gasteiger partial charge is 0.266 e. The lowest BCUT2D eigenvalue weighted by atomic mass is 10.1. The number of hydrogen-bond acceptors (Lipinski definition) is 3. The molecule has 3 rings (SSSR count). The molecular formula is C24H17Br2ClN2O2. The number of rotatable bonds is 6. The second-order valence-electron chi connectivity index (χ2n) is 6.72. The molecule has 0 fully saturated rings. The van der Waals surface area contributed by atoms with E-state index in [4.69, 9.17) is 16.3 Å². The van der Waals surface area contributed by atoms with Gasteiger partial charge in [-0.25, -0.2) is 0 Å². The zero-order chi connectivity index (χ0) is 22.4. The number of anilines is 1. The number of halogens is 3. The normalized spacial score (nSPS) is 11.0. The maximum absolute atomic E-state index is 12.7. The van der Waals surface area contributed by atoms with Gasteiger partial charge in [0.25, 0.3) is 5.91 Å². The monoisotopic (exact) mass is 558 g/mol. The third-order valence-electron chi connectivity index (χ3n) is 4.28. The Bertz CT molecular complexity index is 1160. The number of nitrogens with one attached hydrogen (secondary N) is 1. The molecule has 0 aliphatic carbocycles. The van der Waals surface area contributed by atoms with E-state index >= 15 is 0 Å². The number of amides is 1. The molecule has 31 heavy (non-hydrogen) atoms. The summed E-state index contributed by atoms with van der Waals surface area (Å²) in [6.07, 6.45) is 1.53. The van der Waals surface area contributed by atoms with Crippen molar-refractivity contribution in [1.82, 2.24) is 0 Å². The molecule has 0 saturated heterocycles. The maximum atomic E-state index is 12.7. The summed E-state index contributed by atoms with van der Waals surface area (Å²) in [7, 11) is 0. The number of nitrogens with zero attached hydrogens (tertiary/aromatic N) is 1. The van der Waals surface area contributed by atoms with Gasteiger partial charge >= 0.3 is 0 Å². The molecule has 3 aromatic rings. The zero-order valence-electron chi connectivity index (χ0n) is 16.5. The molecule has 4 nitrogen and oxygen atoms in total. The fourth-order valence-electron chi connectivity index (χ4n) is 2.76. The molecule has 0 bridgehead atoms. The number of ether oxygens (including phenoxy) is 1. The van der Waals surface area contributed by atoms with Crippen molar-refractivity contribution in [3.05, 3.63) is 96.9 Å². The lowest BCUT2D eigenvalue weighted by Gasteiger charge is -2.10. The molecule has 0 atom stereocenters. The van der Waals surface area contributed by atoms with Gasteiger partial charge in [-0.2, -0.15) is 5.26 Å². The van der Waals surface area contributed by atoms with E-state index in [9.17, 15) is 10.1 Å². The van der Waals surface area contributed by atoms with Crippen molar-refractivity contribution in [3.8, 4) is 11.8 Å². The highest BCUT2D eigenvalue weighted by Crippen LogP contribution is 2.32. The number of hydrogen-bond donors (Lipinski definition) is 1. The van der Waals surface area contributed by atoms with E-state index in [2.05, 4.69) is 37.2 Å². The summed E-state index contributed by atoms with van der Waals surface area (Å²) < 4.78 is 7.27. The van der Waals surface area contributed by atoms with Gasteiger partial charge < -0.3 is 10.1 Å². The SMILES string of the molecule is Cc1cc(Br)c(NC(=O)/C(C#N)=C/c2cccc(OCc3ccc(Cl)cc3)c2)c(Br)c1. The van der Waals surface area contributed by atoms with E-state index in [0.717, 1.165) is 20.1 Å². The fourth-order valence-corrected chi connectivity index (χ4v) is 4.50. The predicted octanol–water partition coefficient (Wildman–Crippen LogP) is 7.30. The average Bonchev–Trinajstić information content (AvgIpc) is 2.74. The fraction of sp³-hybridized carbons (Fsp3) is 0.0833. The van der Waals surface area contributed by atoms with Gasteiger partial charge in [-0.1, -0.05) is 35.9 Å². The molecular weight excluding hydrogens is 544 g/mol. The Labute approximate surface area is 202 Å². The largest absolute Gasteiger partial charge is 0.489 e. The molecule has 0 saturated carbocycles. The Morgan fingerprint density at radius 2 is 1.81 bits per heavy atom. The Kier molecular flexibility index (Phi) is 7.91. The number of carbonyl (C=O) groups is 1. The van der Waals surface area contributed by atoms with E-state index < -0.39 is 5.91 Å². The van der Waals surface area contributed by atoms with Crippen LogP contribution >= 0.6 is 43.5 Å². The van der Waals surface area contributed by atoms with Crippen LogP contribution in [-0.4, -0.2) is 5.91 Å². The van der Waals surface area contributed by atoms with E-state index in [-0.39, 0.29) is 5.57 Å². The summed E-state index contributed by atoms with van der Waals surface area (Å²) >= 11 is 12.8. The van der Waals surface area contributed by atoms with Crippen molar-refractivity contribution in [2.75, 3.05) is 5.32 Å². The number of carbonyl (C=O) groups excluding carboxylic acids is 1. The summed E-state index contributed by atoms with van der Waals surface area (Å²) in [5.41, 5.74) is 3.24. The molecule has 3 aromatic carbocycles. The quantitative estimate of drug-likeness (QED) is 0.254. The van der Waals surface area contributed by atoms with Crippen LogP contribution in [0.25, 0.3) is 6.08 Å². The summed E-state index contributed by atoms with van der Waals surface area (Å²) in [4.78, 5) is 12.7. The second-order valence-corrected chi connectivity index (χ2v) is 8.86. The van der Waals surface area contributed by atoms with Crippen LogP contribution in [0.3, 0.4) is 0 Å². The number of nitriles is 1. The van der Waals surface area contributed by atoms with Crippen LogP contribution in [-0.2, 0) is 11.4 Å². The lowest BCUT2D eigenvalue weighted by Crippen LogP contribution is -2.14. The Morgan fingerprint density at radius 3 is 2.45 bits per heavy atom. The van der Waals surface area contributed by atoms with Gasteiger partial charge in [-0.15, -0.1) is 0 Å². The molecule has 0 heterocycles. The van der Waals surface area contributed by atoms with Crippen molar-refractivity contribution in [2.24, 2.45) is 0 Å². The molecule has 0 spiro atoms. The number of aryl methyl sites for hydroxylation is 1. The molecule has 0 aliphatic rings. The van der Waals surface area contributed by atoms with E-state index in [0.29, 0.717) is 28.6 Å². The Hall–Kier alpha value is -2.59. The Balaban J connectivity index is 1.74. The lowest BCUT2D eigenvalue weighted by molar-refractivity contribution is -0.112. The van der Waals surface area contributed by atoms with Crippen molar-refractivity contribution in [3.63, 3.8) is 0 Å². The summed E-state index contributed by atoms with van der Waals surface area (Å²) in [6.45, 7) is 2.33. The molecule has 0 aliphatic heterocycles. The maximum Gasteiger partial charge on any atom is 0.266 e. The first-order chi connectivity index (χ1) is 14.9. The molecule has 1 N–H and O–H groups in total. The van der Waals surface area contributed by atoms with Gasteiger partial charge in [-0.05, 0) is 97.9 Å². The third-order valence-corrected chi connectivity index (χ3v) is 5.78. The van der Waals surface area contributed by atoms with Crippen LogP contribution in [0.5, 0.6) is 5.75 Å². The molecule has 0 radical (unpaired) electrons. The molecule has 0 unspecified atom stereocenters. The summed E-state index contributed by atoms with van der Waals surface area (Å²) in [6, 6.07) is 20.4. The standard InChI is InChI=1S/C24H17Br2ClN2O2/c1-15-9-21(25)23(22(26)10-15)29-24(30)18(13-28)11-17-3-2-4-20(12-17)31-14-16-5-7-19(27)8-6-16/h2-12H,14H2,1H3,(H,29,30)/b18-11+. The molecule has 1 amide bonds. The molecule has 156 valence electrons. The first-order valence-corrected chi connectivity index (χ1v) is 11.2. The minimum Gasteiger partial charge on any atom is -0.489 e. The van der Waals surface area contributed by atoms with E-state index in [1.54, 1.807) is 12.1 Å². The highest BCUT2D eigenvalue weighted by Gasteiger charge is 2.14. The highest BCUT2D eigenvalue weighted by atomic mass is 79.9. The van der Waals surface area contributed by atoms with Crippen molar-refractivity contribution < 1.29 is 9.53 Å². The topological polar surface area (TPSA) is 62.1 Å². The first kappa shape index (κ1) is 23.1. The van der Waals surface area contributed by atoms with Gasteiger partial charge in [0, 0.05) is 14.0 Å². The van der Waals surface area contributed by atoms with Gasteiger partial charge in [-0.3, -0.25) is 4.79 Å². The average molecular weight is 561 g/mol. The second kappa shape index (κ2) is 10.6. The highest BCUT2D eigenvalue weighted by molar-refractivity contribution is 9.11. The van der Waals surface area contributed by atoms with Crippen LogP contribution < -0.4 is 10.1 Å². The minimum absolute atomic E-state index is 0.0192. The number of benzene rings is 3. The molecule has 7 heteroatoms. The van der Waals surface area contributed by atoms with Gasteiger partial charge in [0.05, 0.1) is 5.69 Å². The third kappa shape index (κ3) is 6.44. The summed E-state index contributed by atoms with van der Waals surface area (Å²) in [5.74, 6) is 0.130. The Morgan fingerprint density at radius 1 is 1.13 bits per heavy atom. The minimum atomic E-state index is -0.500. The molecule has 0 aromatic heterocycles. The van der Waals surface area contributed by atoms with Gasteiger partial charge in [0.15, 0.2) is 0 Å². The predicted molar refractivity (Wildman–Crippen MR) is 131 cm³/mol. The van der Waals surface area contributed by atoms with Crippen LogP contribution in [0.15, 0.2) is 75.2 Å². The van der Waals surface area contributed by atoms with Crippen LogP contribution in [0.1, 0.15) is 16.7 Å². The zero-order valence-corrected chi connectivity index (χ0v) is 20.4. The van der Waals surface area contributed by atoms with Crippen LogP contribution in [0.4, 0.5) is 5.69 Å². The van der Waals surface area contributed by atoms with Crippen LogP contribution in [0, 0.1) is 18.3 Å².